The van der Waals surface area contributed by atoms with Gasteiger partial charge in [-0.3, -0.25) is 9.78 Å². The van der Waals surface area contributed by atoms with Crippen molar-refractivity contribution in [1.82, 2.24) is 14.9 Å². The predicted octanol–water partition coefficient (Wildman–Crippen LogP) is 2.25. The van der Waals surface area contributed by atoms with Gasteiger partial charge in [0.05, 0.1) is 11.3 Å². The molecule has 0 atom stereocenters. The third-order valence-electron chi connectivity index (χ3n) is 3.68. The second-order valence-electron chi connectivity index (χ2n) is 4.82. The summed E-state index contributed by atoms with van der Waals surface area (Å²) in [7, 11) is 1.68. The Labute approximate surface area is 112 Å². The predicted molar refractivity (Wildman–Crippen MR) is 74.0 cm³/mol. The zero-order chi connectivity index (χ0) is 13.2. The number of nitrogens with zero attached hydrogens (tertiary/aromatic N) is 2. The first-order valence-corrected chi connectivity index (χ1v) is 6.66. The molecule has 4 heteroatoms. The van der Waals surface area contributed by atoms with Crippen LogP contribution in [-0.4, -0.2) is 22.5 Å². The van der Waals surface area contributed by atoms with E-state index in [4.69, 9.17) is 0 Å². The molecule has 2 aromatic rings. The van der Waals surface area contributed by atoms with Gasteiger partial charge >= 0.3 is 0 Å². The summed E-state index contributed by atoms with van der Waals surface area (Å²) in [6, 6.07) is 5.96. The van der Waals surface area contributed by atoms with Crippen molar-refractivity contribution in [2.24, 2.45) is 0 Å². The minimum absolute atomic E-state index is 0.000732. The maximum atomic E-state index is 12.0. The average Bonchev–Trinajstić information content (AvgIpc) is 2.87. The van der Waals surface area contributed by atoms with Crippen LogP contribution >= 0.6 is 0 Å². The van der Waals surface area contributed by atoms with Crippen molar-refractivity contribution < 1.29 is 4.79 Å². The quantitative estimate of drug-likeness (QED) is 0.894. The van der Waals surface area contributed by atoms with Crippen LogP contribution in [0.25, 0.3) is 11.3 Å². The number of nitrogens with one attached hydrogen (secondary N) is 1. The molecule has 3 rings (SSSR count). The fourth-order valence-corrected chi connectivity index (χ4v) is 2.76. The Morgan fingerprint density at radius 1 is 1.42 bits per heavy atom. The SMILES string of the molecule is CNC(=O)c1cc(-c2cccnc2)n2c1CCCC2. The van der Waals surface area contributed by atoms with Crippen LogP contribution in [0.3, 0.4) is 0 Å². The standard InChI is InChI=1S/C15H17N3O/c1-16-15(19)12-9-14(11-5-4-7-17-10-11)18-8-3-2-6-13(12)18/h4-5,7,9-10H,2-3,6,8H2,1H3,(H,16,19). The van der Waals surface area contributed by atoms with Crippen LogP contribution in [0.2, 0.25) is 0 Å². The van der Waals surface area contributed by atoms with Crippen molar-refractivity contribution in [2.75, 3.05) is 7.05 Å². The molecule has 0 bridgehead atoms. The van der Waals surface area contributed by atoms with Crippen LogP contribution in [-0.2, 0) is 13.0 Å². The molecule has 19 heavy (non-hydrogen) atoms. The first-order valence-electron chi connectivity index (χ1n) is 6.66. The summed E-state index contributed by atoms with van der Waals surface area (Å²) in [4.78, 5) is 16.2. The molecule has 0 radical (unpaired) electrons. The Morgan fingerprint density at radius 2 is 2.32 bits per heavy atom. The first-order chi connectivity index (χ1) is 9.31. The van der Waals surface area contributed by atoms with Crippen molar-refractivity contribution in [1.29, 1.82) is 0 Å². The minimum atomic E-state index is 0.000732. The van der Waals surface area contributed by atoms with Gasteiger partial charge in [0.25, 0.3) is 5.91 Å². The maximum Gasteiger partial charge on any atom is 0.252 e. The molecule has 0 aromatic carbocycles. The summed E-state index contributed by atoms with van der Waals surface area (Å²) in [5.74, 6) is 0.000732. The third-order valence-corrected chi connectivity index (χ3v) is 3.68. The van der Waals surface area contributed by atoms with Crippen molar-refractivity contribution in [3.05, 3.63) is 41.9 Å². The van der Waals surface area contributed by atoms with E-state index in [0.29, 0.717) is 0 Å². The lowest BCUT2D eigenvalue weighted by Gasteiger charge is -2.18. The normalized spacial score (nSPS) is 13.9. The van der Waals surface area contributed by atoms with Gasteiger partial charge in [-0.05, 0) is 37.5 Å². The number of rotatable bonds is 2. The fourth-order valence-electron chi connectivity index (χ4n) is 2.76. The molecule has 3 heterocycles. The van der Waals surface area contributed by atoms with Crippen LogP contribution in [0.1, 0.15) is 28.9 Å². The van der Waals surface area contributed by atoms with Gasteiger partial charge in [0.15, 0.2) is 0 Å². The number of pyridine rings is 1. The molecule has 0 aliphatic carbocycles. The van der Waals surface area contributed by atoms with Crippen molar-refractivity contribution in [3.8, 4) is 11.3 Å². The maximum absolute atomic E-state index is 12.0. The molecule has 0 saturated heterocycles. The molecular formula is C15H17N3O. The number of fused-ring (bicyclic) bond motifs is 1. The van der Waals surface area contributed by atoms with Crippen molar-refractivity contribution in [3.63, 3.8) is 0 Å². The lowest BCUT2D eigenvalue weighted by molar-refractivity contribution is 0.0961. The van der Waals surface area contributed by atoms with Gasteiger partial charge in [-0.1, -0.05) is 0 Å². The van der Waals surface area contributed by atoms with Crippen LogP contribution in [0.4, 0.5) is 0 Å². The lowest BCUT2D eigenvalue weighted by Crippen LogP contribution is -2.21. The van der Waals surface area contributed by atoms with Crippen molar-refractivity contribution in [2.45, 2.75) is 25.8 Å². The first kappa shape index (κ1) is 12.0. The summed E-state index contributed by atoms with van der Waals surface area (Å²) in [6.45, 7) is 0.983. The number of hydrogen-bond donors (Lipinski definition) is 1. The molecule has 1 N–H and O–H groups in total. The van der Waals surface area contributed by atoms with Crippen LogP contribution < -0.4 is 5.32 Å². The Morgan fingerprint density at radius 3 is 3.05 bits per heavy atom. The Hall–Kier alpha value is -2.10. The molecular weight excluding hydrogens is 238 g/mol. The molecule has 0 saturated carbocycles. The van der Waals surface area contributed by atoms with E-state index in [-0.39, 0.29) is 5.91 Å². The zero-order valence-electron chi connectivity index (χ0n) is 11.0. The number of aromatic nitrogens is 2. The van der Waals surface area contributed by atoms with Gasteiger partial charge in [-0.15, -0.1) is 0 Å². The van der Waals surface area contributed by atoms with E-state index in [1.807, 2.05) is 24.4 Å². The van der Waals surface area contributed by atoms with E-state index in [0.717, 1.165) is 41.9 Å². The molecule has 4 nitrogen and oxygen atoms in total. The van der Waals surface area contributed by atoms with Crippen LogP contribution in [0.15, 0.2) is 30.6 Å². The topological polar surface area (TPSA) is 46.9 Å². The molecule has 1 aliphatic rings. The monoisotopic (exact) mass is 255 g/mol. The molecule has 0 spiro atoms. The van der Waals surface area contributed by atoms with Gasteiger partial charge in [0.1, 0.15) is 0 Å². The smallest absolute Gasteiger partial charge is 0.252 e. The minimum Gasteiger partial charge on any atom is -0.355 e. The van der Waals surface area contributed by atoms with Gasteiger partial charge < -0.3 is 9.88 Å². The summed E-state index contributed by atoms with van der Waals surface area (Å²) >= 11 is 0. The number of hydrogen-bond acceptors (Lipinski definition) is 2. The molecule has 0 fully saturated rings. The van der Waals surface area contributed by atoms with E-state index >= 15 is 0 Å². The molecule has 98 valence electrons. The largest absolute Gasteiger partial charge is 0.355 e. The molecule has 0 unspecified atom stereocenters. The molecule has 1 aliphatic heterocycles. The third kappa shape index (κ3) is 2.03. The van der Waals surface area contributed by atoms with Crippen LogP contribution in [0.5, 0.6) is 0 Å². The average molecular weight is 255 g/mol. The highest BCUT2D eigenvalue weighted by Gasteiger charge is 2.22. The second-order valence-corrected chi connectivity index (χ2v) is 4.82. The van der Waals surface area contributed by atoms with Crippen LogP contribution in [0, 0.1) is 0 Å². The van der Waals surface area contributed by atoms with Gasteiger partial charge in [0, 0.05) is 37.2 Å². The Bertz CT molecular complexity index is 601. The lowest BCUT2D eigenvalue weighted by atomic mass is 10.1. The summed E-state index contributed by atoms with van der Waals surface area (Å²) in [6.07, 6.45) is 6.92. The van der Waals surface area contributed by atoms with Crippen molar-refractivity contribution >= 4 is 5.91 Å². The summed E-state index contributed by atoms with van der Waals surface area (Å²) in [5.41, 5.74) is 4.13. The summed E-state index contributed by atoms with van der Waals surface area (Å²) in [5, 5.41) is 2.73. The zero-order valence-corrected chi connectivity index (χ0v) is 11.0. The number of carbonyl (C=O) groups is 1. The summed E-state index contributed by atoms with van der Waals surface area (Å²) < 4.78 is 2.27. The highest BCUT2D eigenvalue weighted by atomic mass is 16.1. The highest BCUT2D eigenvalue weighted by Crippen LogP contribution is 2.30. The van der Waals surface area contributed by atoms with Gasteiger partial charge in [-0.2, -0.15) is 0 Å². The number of carbonyl (C=O) groups excluding carboxylic acids is 1. The second kappa shape index (κ2) is 4.88. The Balaban J connectivity index is 2.15. The molecule has 1 amide bonds. The van der Waals surface area contributed by atoms with E-state index < -0.39 is 0 Å². The highest BCUT2D eigenvalue weighted by molar-refractivity contribution is 5.96. The van der Waals surface area contributed by atoms with E-state index in [2.05, 4.69) is 14.9 Å². The van der Waals surface area contributed by atoms with E-state index in [1.165, 1.54) is 6.42 Å². The van der Waals surface area contributed by atoms with E-state index in [9.17, 15) is 4.79 Å². The molecule has 2 aromatic heterocycles. The van der Waals surface area contributed by atoms with E-state index in [1.54, 1.807) is 13.2 Å². The Kier molecular flexibility index (Phi) is 3.07. The van der Waals surface area contributed by atoms with Gasteiger partial charge in [-0.25, -0.2) is 0 Å². The fraction of sp³-hybridized carbons (Fsp3) is 0.333. The number of amides is 1. The van der Waals surface area contributed by atoms with Gasteiger partial charge in [0.2, 0.25) is 0 Å².